The van der Waals surface area contributed by atoms with Crippen molar-refractivity contribution >= 4 is 17.3 Å². The van der Waals surface area contributed by atoms with Crippen LogP contribution in [0.4, 0.5) is 0 Å². The average molecular weight is 378 g/mol. The molecule has 0 radical (unpaired) electrons. The van der Waals surface area contributed by atoms with Crippen molar-refractivity contribution in [1.82, 2.24) is 0 Å². The summed E-state index contributed by atoms with van der Waals surface area (Å²) in [6.07, 6.45) is 3.23. The van der Waals surface area contributed by atoms with E-state index in [4.69, 9.17) is 4.74 Å². The molecule has 3 rings (SSSR count). The van der Waals surface area contributed by atoms with E-state index in [1.54, 1.807) is 7.11 Å². The molecule has 0 saturated heterocycles. The average Bonchev–Trinajstić information content (AvgIpc) is 2.72. The summed E-state index contributed by atoms with van der Waals surface area (Å²) < 4.78 is 5.14. The Balaban J connectivity index is 1.47. The molecule has 146 valence electrons. The molecule has 1 aliphatic rings. The van der Waals surface area contributed by atoms with E-state index in [1.165, 1.54) is 5.56 Å². The number of Topliss-reactive ketones (excluding diaryl/α,β-unsaturated/α-hetero) is 3. The van der Waals surface area contributed by atoms with Crippen LogP contribution in [0.5, 0.6) is 5.75 Å². The van der Waals surface area contributed by atoms with Gasteiger partial charge in [0.2, 0.25) is 0 Å². The Labute approximate surface area is 165 Å². The summed E-state index contributed by atoms with van der Waals surface area (Å²) in [6, 6.07) is 17.5. The van der Waals surface area contributed by atoms with Crippen LogP contribution in [0.2, 0.25) is 0 Å². The minimum Gasteiger partial charge on any atom is -0.497 e. The van der Waals surface area contributed by atoms with Crippen LogP contribution < -0.4 is 4.74 Å². The van der Waals surface area contributed by atoms with E-state index in [0.717, 1.165) is 24.2 Å². The van der Waals surface area contributed by atoms with Crippen LogP contribution in [0.15, 0.2) is 54.6 Å². The second kappa shape index (κ2) is 9.45. The van der Waals surface area contributed by atoms with Crippen LogP contribution in [-0.4, -0.2) is 24.5 Å². The first-order valence-electron chi connectivity index (χ1n) is 9.84. The second-order valence-electron chi connectivity index (χ2n) is 7.40. The normalized spacial score (nSPS) is 19.5. The third-order valence-corrected chi connectivity index (χ3v) is 5.43. The molecule has 2 aromatic rings. The maximum absolute atomic E-state index is 12.5. The lowest BCUT2D eigenvalue weighted by molar-refractivity contribution is -0.142. The molecule has 0 spiro atoms. The van der Waals surface area contributed by atoms with E-state index in [1.807, 2.05) is 54.6 Å². The SMILES string of the molecule is COc1ccc(CCCCC(=O)C2C(=O)CC(c3ccccc3)CC2=O)cc1. The van der Waals surface area contributed by atoms with Gasteiger partial charge in [-0.2, -0.15) is 0 Å². The molecule has 1 fully saturated rings. The molecule has 4 nitrogen and oxygen atoms in total. The van der Waals surface area contributed by atoms with Crippen molar-refractivity contribution in [2.24, 2.45) is 5.92 Å². The highest BCUT2D eigenvalue weighted by molar-refractivity contribution is 6.20. The predicted octanol–water partition coefficient (Wildman–Crippen LogP) is 4.31. The van der Waals surface area contributed by atoms with E-state index < -0.39 is 5.92 Å². The molecular weight excluding hydrogens is 352 g/mol. The first-order chi connectivity index (χ1) is 13.6. The highest BCUT2D eigenvalue weighted by atomic mass is 16.5. The molecule has 0 unspecified atom stereocenters. The van der Waals surface area contributed by atoms with Crippen LogP contribution in [-0.2, 0) is 20.8 Å². The molecule has 28 heavy (non-hydrogen) atoms. The topological polar surface area (TPSA) is 60.4 Å². The Hall–Kier alpha value is -2.75. The van der Waals surface area contributed by atoms with Gasteiger partial charge in [-0.05, 0) is 48.4 Å². The maximum atomic E-state index is 12.5. The number of carbonyl (C=O) groups is 3. The molecule has 0 atom stereocenters. The fourth-order valence-electron chi connectivity index (χ4n) is 3.86. The Morgan fingerprint density at radius 1 is 0.929 bits per heavy atom. The van der Waals surface area contributed by atoms with Crippen molar-refractivity contribution in [3.8, 4) is 5.75 Å². The summed E-state index contributed by atoms with van der Waals surface area (Å²) in [7, 11) is 1.64. The summed E-state index contributed by atoms with van der Waals surface area (Å²) >= 11 is 0. The zero-order valence-corrected chi connectivity index (χ0v) is 16.2. The van der Waals surface area contributed by atoms with Gasteiger partial charge >= 0.3 is 0 Å². The van der Waals surface area contributed by atoms with Gasteiger partial charge in [-0.3, -0.25) is 14.4 Å². The van der Waals surface area contributed by atoms with Gasteiger partial charge in [0.25, 0.3) is 0 Å². The van der Waals surface area contributed by atoms with Crippen molar-refractivity contribution in [3.63, 3.8) is 0 Å². The minimum absolute atomic E-state index is 0.0969. The van der Waals surface area contributed by atoms with Gasteiger partial charge < -0.3 is 4.74 Å². The van der Waals surface area contributed by atoms with Gasteiger partial charge in [0.05, 0.1) is 7.11 Å². The van der Waals surface area contributed by atoms with Gasteiger partial charge in [-0.1, -0.05) is 42.5 Å². The smallest absolute Gasteiger partial charge is 0.151 e. The largest absolute Gasteiger partial charge is 0.497 e. The Bertz CT molecular complexity index is 805. The Kier molecular flexibility index (Phi) is 6.75. The van der Waals surface area contributed by atoms with Gasteiger partial charge in [0.15, 0.2) is 17.3 Å². The van der Waals surface area contributed by atoms with Gasteiger partial charge in [-0.15, -0.1) is 0 Å². The van der Waals surface area contributed by atoms with E-state index in [2.05, 4.69) is 0 Å². The molecular formula is C24H26O4. The fourth-order valence-corrected chi connectivity index (χ4v) is 3.86. The van der Waals surface area contributed by atoms with Gasteiger partial charge in [0.1, 0.15) is 11.7 Å². The van der Waals surface area contributed by atoms with Crippen molar-refractivity contribution in [2.45, 2.75) is 44.4 Å². The van der Waals surface area contributed by atoms with Crippen molar-refractivity contribution in [2.75, 3.05) is 7.11 Å². The van der Waals surface area contributed by atoms with Gasteiger partial charge in [0, 0.05) is 19.3 Å². The maximum Gasteiger partial charge on any atom is 0.151 e. The summed E-state index contributed by atoms with van der Waals surface area (Å²) in [6.45, 7) is 0. The number of carbonyl (C=O) groups excluding carboxylic acids is 3. The monoisotopic (exact) mass is 378 g/mol. The molecule has 0 heterocycles. The van der Waals surface area contributed by atoms with Crippen LogP contribution >= 0.6 is 0 Å². The number of methoxy groups -OCH3 is 1. The molecule has 0 N–H and O–H groups in total. The molecule has 0 aliphatic heterocycles. The Morgan fingerprint density at radius 2 is 1.57 bits per heavy atom. The van der Waals surface area contributed by atoms with E-state index in [9.17, 15) is 14.4 Å². The number of ketones is 3. The number of unbranched alkanes of at least 4 members (excludes halogenated alkanes) is 1. The first kappa shape index (κ1) is 20.0. The van der Waals surface area contributed by atoms with Crippen LogP contribution in [0.25, 0.3) is 0 Å². The lowest BCUT2D eigenvalue weighted by Gasteiger charge is -2.25. The van der Waals surface area contributed by atoms with Crippen LogP contribution in [0, 0.1) is 5.92 Å². The lowest BCUT2D eigenvalue weighted by Crippen LogP contribution is -2.38. The molecule has 1 aliphatic carbocycles. The summed E-state index contributed by atoms with van der Waals surface area (Å²) in [4.78, 5) is 37.5. The fraction of sp³-hybridized carbons (Fsp3) is 0.375. The molecule has 4 heteroatoms. The first-order valence-corrected chi connectivity index (χ1v) is 9.84. The van der Waals surface area contributed by atoms with Crippen LogP contribution in [0.1, 0.15) is 49.1 Å². The van der Waals surface area contributed by atoms with Gasteiger partial charge in [-0.25, -0.2) is 0 Å². The van der Waals surface area contributed by atoms with Crippen molar-refractivity contribution in [1.29, 1.82) is 0 Å². The number of ether oxygens (including phenoxy) is 1. The van der Waals surface area contributed by atoms with Crippen molar-refractivity contribution in [3.05, 3.63) is 65.7 Å². The number of hydrogen-bond donors (Lipinski definition) is 0. The number of hydrogen-bond acceptors (Lipinski definition) is 4. The summed E-state index contributed by atoms with van der Waals surface area (Å²) in [5.74, 6) is -0.963. The number of aryl methyl sites for hydroxylation is 1. The third-order valence-electron chi connectivity index (χ3n) is 5.43. The minimum atomic E-state index is -1.04. The molecule has 2 aromatic carbocycles. The van der Waals surface area contributed by atoms with E-state index >= 15 is 0 Å². The van der Waals surface area contributed by atoms with Crippen LogP contribution in [0.3, 0.4) is 0 Å². The molecule has 0 bridgehead atoms. The molecule has 0 aromatic heterocycles. The zero-order chi connectivity index (χ0) is 19.9. The van der Waals surface area contributed by atoms with E-state index in [-0.39, 0.29) is 42.5 Å². The standard InChI is InChI=1S/C24H26O4/c1-28-20-13-11-17(12-14-20)7-5-6-10-21(25)24-22(26)15-19(16-23(24)27)18-8-3-2-4-9-18/h2-4,8-9,11-14,19,24H,5-7,10,15-16H2,1H3. The Morgan fingerprint density at radius 3 is 2.18 bits per heavy atom. The zero-order valence-electron chi connectivity index (χ0n) is 16.2. The lowest BCUT2D eigenvalue weighted by atomic mass is 9.75. The second-order valence-corrected chi connectivity index (χ2v) is 7.40. The number of rotatable bonds is 8. The van der Waals surface area contributed by atoms with Crippen molar-refractivity contribution < 1.29 is 19.1 Å². The quantitative estimate of drug-likeness (QED) is 0.507. The highest BCUT2D eigenvalue weighted by Crippen LogP contribution is 2.32. The van der Waals surface area contributed by atoms with E-state index in [0.29, 0.717) is 6.42 Å². The highest BCUT2D eigenvalue weighted by Gasteiger charge is 2.39. The third kappa shape index (κ3) is 4.94. The molecule has 1 saturated carbocycles. The predicted molar refractivity (Wildman–Crippen MR) is 107 cm³/mol. The summed E-state index contributed by atoms with van der Waals surface area (Å²) in [5, 5.41) is 0. The summed E-state index contributed by atoms with van der Waals surface area (Å²) in [5.41, 5.74) is 2.18. The number of benzene rings is 2. The molecule has 0 amide bonds.